The van der Waals surface area contributed by atoms with Crippen molar-refractivity contribution in [3.63, 3.8) is 0 Å². The maximum absolute atomic E-state index is 13.0. The van der Waals surface area contributed by atoms with Crippen LogP contribution < -0.4 is 19.7 Å². The van der Waals surface area contributed by atoms with Gasteiger partial charge in [-0.1, -0.05) is 12.1 Å². The van der Waals surface area contributed by atoms with E-state index in [-0.39, 0.29) is 31.0 Å². The van der Waals surface area contributed by atoms with Gasteiger partial charge < -0.3 is 19.7 Å². The zero-order valence-corrected chi connectivity index (χ0v) is 19.8. The van der Waals surface area contributed by atoms with Crippen LogP contribution in [0.3, 0.4) is 0 Å². The van der Waals surface area contributed by atoms with Gasteiger partial charge in [0.2, 0.25) is 5.91 Å². The van der Waals surface area contributed by atoms with E-state index in [1.165, 1.54) is 6.33 Å². The first kappa shape index (κ1) is 23.9. The van der Waals surface area contributed by atoms with Gasteiger partial charge in [-0.05, 0) is 36.8 Å². The van der Waals surface area contributed by atoms with Crippen molar-refractivity contribution in [3.8, 4) is 11.5 Å². The summed E-state index contributed by atoms with van der Waals surface area (Å²) in [4.78, 5) is 26.9. The van der Waals surface area contributed by atoms with E-state index in [0.717, 1.165) is 30.1 Å². The van der Waals surface area contributed by atoms with Crippen molar-refractivity contribution >= 4 is 17.4 Å². The first-order valence-corrected chi connectivity index (χ1v) is 11.9. The Morgan fingerprint density at radius 3 is 2.53 bits per heavy atom. The van der Waals surface area contributed by atoms with E-state index in [9.17, 15) is 13.6 Å². The van der Waals surface area contributed by atoms with Gasteiger partial charge in [0.15, 0.2) is 0 Å². The van der Waals surface area contributed by atoms with Crippen molar-refractivity contribution in [2.45, 2.75) is 37.7 Å². The van der Waals surface area contributed by atoms with Crippen LogP contribution in [0.4, 0.5) is 20.3 Å². The molecule has 1 aliphatic carbocycles. The van der Waals surface area contributed by atoms with Crippen molar-refractivity contribution in [1.82, 2.24) is 15.0 Å². The maximum atomic E-state index is 13.0. The molecule has 3 atom stereocenters. The molecule has 188 valence electrons. The molecule has 1 aromatic carbocycles. The molecular weight excluding hydrogens is 468 g/mol. The Hall–Kier alpha value is -3.82. The summed E-state index contributed by atoms with van der Waals surface area (Å²) in [6.07, 6.45) is 6.83. The van der Waals surface area contributed by atoms with E-state index < -0.39 is 11.8 Å². The molecule has 36 heavy (non-hydrogen) atoms. The number of nitrogens with one attached hydrogen (secondary N) is 1. The molecule has 1 saturated carbocycles. The highest BCUT2D eigenvalue weighted by Crippen LogP contribution is 2.48. The number of carbonyl (C=O) groups excluding carboxylic acids is 1. The minimum absolute atomic E-state index is 0.00415. The highest BCUT2D eigenvalue weighted by Gasteiger charge is 2.57. The normalized spacial score (nSPS) is 21.0. The smallest absolute Gasteiger partial charge is 0.255 e. The number of pyridine rings is 1. The molecule has 3 heterocycles. The molecule has 1 saturated heterocycles. The molecule has 8 nitrogen and oxygen atoms in total. The summed E-state index contributed by atoms with van der Waals surface area (Å²) in [5.74, 6) is -1.73. The van der Waals surface area contributed by atoms with Crippen molar-refractivity contribution < 1.29 is 23.0 Å². The van der Waals surface area contributed by atoms with Crippen LogP contribution in [0, 0.1) is 5.92 Å². The van der Waals surface area contributed by atoms with Gasteiger partial charge in [0, 0.05) is 19.4 Å². The Kier molecular flexibility index (Phi) is 6.67. The van der Waals surface area contributed by atoms with Crippen LogP contribution in [-0.2, 0) is 4.79 Å². The van der Waals surface area contributed by atoms with Crippen molar-refractivity contribution in [2.24, 2.45) is 5.92 Å². The molecule has 0 radical (unpaired) electrons. The fraction of sp³-hybridized carbons (Fsp3) is 0.385. The molecule has 1 N–H and O–H groups in total. The van der Waals surface area contributed by atoms with Crippen LogP contribution in [-0.4, -0.2) is 52.6 Å². The van der Waals surface area contributed by atoms with Crippen LogP contribution in [0.2, 0.25) is 0 Å². The van der Waals surface area contributed by atoms with Gasteiger partial charge in [-0.3, -0.25) is 4.79 Å². The second kappa shape index (κ2) is 10.0. The molecule has 2 aliphatic rings. The molecular formula is C26H27F2N5O3. The van der Waals surface area contributed by atoms with Crippen molar-refractivity contribution in [3.05, 3.63) is 66.9 Å². The van der Waals surface area contributed by atoms with Crippen molar-refractivity contribution in [2.75, 3.05) is 29.9 Å². The summed E-state index contributed by atoms with van der Waals surface area (Å²) in [6, 6.07) is 11.1. The number of hydrogen-bond donors (Lipinski definition) is 1. The van der Waals surface area contributed by atoms with Gasteiger partial charge in [0.05, 0.1) is 49.3 Å². The van der Waals surface area contributed by atoms with Crippen LogP contribution in [0.5, 0.6) is 11.5 Å². The first-order valence-electron chi connectivity index (χ1n) is 11.9. The number of benzene rings is 1. The summed E-state index contributed by atoms with van der Waals surface area (Å²) in [5.41, 5.74) is 1.43. The number of alkyl halides is 2. The first-order chi connectivity index (χ1) is 17.4. The standard InChI is InChI=1S/C26H27F2N5O3/c1-17(25(34)32-20-11-29-16-30-12-20)18-2-4-21(5-3-18)36-23-8-9-33(14-23)24-7-6-22(13-31-24)35-15-19-10-26(19,27)28/h2-7,11-13,16-17,19,23H,8-10,14-15H2,1H3,(H,32,34). The van der Waals surface area contributed by atoms with Gasteiger partial charge in [-0.2, -0.15) is 0 Å². The maximum Gasteiger partial charge on any atom is 0.255 e. The lowest BCUT2D eigenvalue weighted by molar-refractivity contribution is -0.117. The lowest BCUT2D eigenvalue weighted by atomic mass is 10.0. The zero-order chi connectivity index (χ0) is 25.1. The monoisotopic (exact) mass is 495 g/mol. The van der Waals surface area contributed by atoms with Crippen molar-refractivity contribution in [1.29, 1.82) is 0 Å². The van der Waals surface area contributed by atoms with Crippen LogP contribution >= 0.6 is 0 Å². The quantitative estimate of drug-likeness (QED) is 0.473. The van der Waals surface area contributed by atoms with Gasteiger partial charge >= 0.3 is 0 Å². The van der Waals surface area contributed by atoms with E-state index in [2.05, 4.69) is 25.2 Å². The number of anilines is 2. The number of ether oxygens (including phenoxy) is 2. The molecule has 3 unspecified atom stereocenters. The number of rotatable bonds is 9. The Morgan fingerprint density at radius 1 is 1.14 bits per heavy atom. The number of nitrogens with zero attached hydrogens (tertiary/aromatic N) is 4. The molecule has 2 aromatic heterocycles. The summed E-state index contributed by atoms with van der Waals surface area (Å²) < 4.78 is 37.6. The van der Waals surface area contributed by atoms with Gasteiger partial charge in [-0.25, -0.2) is 23.7 Å². The Bertz CT molecular complexity index is 1180. The van der Waals surface area contributed by atoms with E-state index in [0.29, 0.717) is 18.0 Å². The SMILES string of the molecule is CC(C(=O)Nc1cncnc1)c1ccc(OC2CCN(c3ccc(OCC4CC4(F)F)cn3)C2)cc1. The second-order valence-electron chi connectivity index (χ2n) is 9.21. The summed E-state index contributed by atoms with van der Waals surface area (Å²) in [7, 11) is 0. The lowest BCUT2D eigenvalue weighted by Crippen LogP contribution is -2.25. The van der Waals surface area contributed by atoms with Gasteiger partial charge in [0.25, 0.3) is 5.92 Å². The lowest BCUT2D eigenvalue weighted by Gasteiger charge is -2.19. The topological polar surface area (TPSA) is 89.5 Å². The number of amides is 1. The summed E-state index contributed by atoms with van der Waals surface area (Å²) in [6.45, 7) is 3.33. The van der Waals surface area contributed by atoms with E-state index in [1.807, 2.05) is 37.3 Å². The fourth-order valence-electron chi connectivity index (χ4n) is 4.12. The molecule has 3 aromatic rings. The molecule has 0 spiro atoms. The summed E-state index contributed by atoms with van der Waals surface area (Å²) >= 11 is 0. The molecule has 2 fully saturated rings. The number of carbonyl (C=O) groups is 1. The molecule has 5 rings (SSSR count). The third-order valence-corrected chi connectivity index (χ3v) is 6.50. The molecule has 1 amide bonds. The highest BCUT2D eigenvalue weighted by atomic mass is 19.3. The average molecular weight is 496 g/mol. The minimum atomic E-state index is -2.58. The average Bonchev–Trinajstić information content (AvgIpc) is 3.26. The number of aromatic nitrogens is 3. The van der Waals surface area contributed by atoms with Crippen LogP contribution in [0.15, 0.2) is 61.3 Å². The number of halogens is 2. The van der Waals surface area contributed by atoms with E-state index >= 15 is 0 Å². The van der Waals surface area contributed by atoms with Crippen LogP contribution in [0.25, 0.3) is 0 Å². The van der Waals surface area contributed by atoms with E-state index in [4.69, 9.17) is 9.47 Å². The molecule has 0 bridgehead atoms. The summed E-state index contributed by atoms with van der Waals surface area (Å²) in [5, 5.41) is 2.81. The van der Waals surface area contributed by atoms with E-state index in [1.54, 1.807) is 24.7 Å². The van der Waals surface area contributed by atoms with Crippen LogP contribution in [0.1, 0.15) is 31.2 Å². The zero-order valence-electron chi connectivity index (χ0n) is 19.8. The molecule has 1 aliphatic heterocycles. The fourth-order valence-corrected chi connectivity index (χ4v) is 4.12. The Balaban J connectivity index is 1.10. The minimum Gasteiger partial charge on any atom is -0.491 e. The Morgan fingerprint density at radius 2 is 1.86 bits per heavy atom. The third kappa shape index (κ3) is 5.69. The predicted octanol–water partition coefficient (Wildman–Crippen LogP) is 4.31. The second-order valence-corrected chi connectivity index (χ2v) is 9.21. The third-order valence-electron chi connectivity index (χ3n) is 6.50. The molecule has 10 heteroatoms. The largest absolute Gasteiger partial charge is 0.491 e. The highest BCUT2D eigenvalue weighted by molar-refractivity contribution is 5.95. The van der Waals surface area contributed by atoms with Gasteiger partial charge in [-0.15, -0.1) is 0 Å². The Labute approximate surface area is 207 Å². The number of hydrogen-bond acceptors (Lipinski definition) is 7. The van der Waals surface area contributed by atoms with Gasteiger partial charge in [0.1, 0.15) is 29.7 Å². The predicted molar refractivity (Wildman–Crippen MR) is 130 cm³/mol.